The van der Waals surface area contributed by atoms with E-state index in [1.54, 1.807) is 6.08 Å². The van der Waals surface area contributed by atoms with Crippen LogP contribution in [0.5, 0.6) is 0 Å². The van der Waals surface area contributed by atoms with Gasteiger partial charge in [0, 0.05) is 18.8 Å². The second-order valence-corrected chi connectivity index (χ2v) is 5.72. The van der Waals surface area contributed by atoms with Crippen LogP contribution in [0.3, 0.4) is 0 Å². The monoisotopic (exact) mass is 256 g/mol. The van der Waals surface area contributed by atoms with Gasteiger partial charge in [-0.3, -0.25) is 0 Å². The van der Waals surface area contributed by atoms with Gasteiger partial charge in [0.25, 0.3) is 0 Å². The molecular formula is C11H13FN2O2S. The molecule has 17 heavy (non-hydrogen) atoms. The summed E-state index contributed by atoms with van der Waals surface area (Å²) in [6.45, 7) is 0.662. The molecule has 0 radical (unpaired) electrons. The molecule has 2 rings (SSSR count). The molecule has 0 unspecified atom stereocenters. The molecule has 1 aromatic carbocycles. The van der Waals surface area contributed by atoms with E-state index in [-0.39, 0.29) is 17.1 Å². The quantitative estimate of drug-likeness (QED) is 0.642. The maximum atomic E-state index is 13.6. The van der Waals surface area contributed by atoms with Gasteiger partial charge in [-0.1, -0.05) is 12.2 Å². The molecule has 0 aromatic heterocycles. The van der Waals surface area contributed by atoms with Gasteiger partial charge in [0.2, 0.25) is 10.0 Å². The van der Waals surface area contributed by atoms with E-state index in [9.17, 15) is 12.8 Å². The third kappa shape index (κ3) is 2.32. The summed E-state index contributed by atoms with van der Waals surface area (Å²) in [6, 6.07) is 3.61. The molecule has 0 aliphatic carbocycles. The van der Waals surface area contributed by atoms with Gasteiger partial charge in [-0.05, 0) is 24.6 Å². The summed E-state index contributed by atoms with van der Waals surface area (Å²) < 4.78 is 39.1. The zero-order chi connectivity index (χ0) is 12.5. The first-order chi connectivity index (χ1) is 8.01. The fourth-order valence-electron chi connectivity index (χ4n) is 1.70. The minimum atomic E-state index is -3.76. The third-order valence-corrected chi connectivity index (χ3v) is 4.49. The summed E-state index contributed by atoms with van der Waals surface area (Å²) in [7, 11) is -3.76. The van der Waals surface area contributed by atoms with Gasteiger partial charge in [-0.2, -0.15) is 4.31 Å². The molecule has 1 heterocycles. The minimum Gasteiger partial charge on any atom is -0.399 e. The Balaban J connectivity index is 2.40. The van der Waals surface area contributed by atoms with Crippen LogP contribution in [0.2, 0.25) is 0 Å². The number of nitrogen functional groups attached to an aromatic ring is 1. The fourth-order valence-corrected chi connectivity index (χ4v) is 3.16. The maximum Gasteiger partial charge on any atom is 0.246 e. The number of sulfonamides is 1. The van der Waals surface area contributed by atoms with Gasteiger partial charge < -0.3 is 5.73 Å². The van der Waals surface area contributed by atoms with Crippen LogP contribution in [0.15, 0.2) is 35.2 Å². The lowest BCUT2D eigenvalue weighted by atomic mass is 10.3. The minimum absolute atomic E-state index is 0.208. The molecule has 0 amide bonds. The van der Waals surface area contributed by atoms with E-state index in [1.807, 2.05) is 6.08 Å². The lowest BCUT2D eigenvalue weighted by molar-refractivity contribution is 0.433. The Morgan fingerprint density at radius 1 is 1.29 bits per heavy atom. The van der Waals surface area contributed by atoms with Crippen LogP contribution < -0.4 is 5.73 Å². The van der Waals surface area contributed by atoms with E-state index >= 15 is 0 Å². The van der Waals surface area contributed by atoms with Crippen molar-refractivity contribution >= 4 is 15.7 Å². The van der Waals surface area contributed by atoms with Crippen LogP contribution >= 0.6 is 0 Å². The molecule has 1 aliphatic heterocycles. The van der Waals surface area contributed by atoms with Gasteiger partial charge in [-0.25, -0.2) is 12.8 Å². The molecule has 1 aliphatic rings. The maximum absolute atomic E-state index is 13.6. The largest absolute Gasteiger partial charge is 0.399 e. The van der Waals surface area contributed by atoms with Crippen molar-refractivity contribution in [2.24, 2.45) is 0 Å². The van der Waals surface area contributed by atoms with Gasteiger partial charge >= 0.3 is 0 Å². The Labute approximate surface area is 99.6 Å². The van der Waals surface area contributed by atoms with Crippen molar-refractivity contribution in [3.05, 3.63) is 36.2 Å². The van der Waals surface area contributed by atoms with Crippen molar-refractivity contribution < 1.29 is 12.8 Å². The molecule has 0 saturated heterocycles. The second kappa shape index (κ2) is 4.46. The van der Waals surface area contributed by atoms with Crippen molar-refractivity contribution in [1.82, 2.24) is 4.31 Å². The third-order valence-electron chi connectivity index (χ3n) is 2.59. The Morgan fingerprint density at radius 3 is 2.65 bits per heavy atom. The Morgan fingerprint density at radius 2 is 2.06 bits per heavy atom. The van der Waals surface area contributed by atoms with E-state index in [1.165, 1.54) is 16.4 Å². The highest BCUT2D eigenvalue weighted by Crippen LogP contribution is 2.22. The topological polar surface area (TPSA) is 63.4 Å². The van der Waals surface area contributed by atoms with Gasteiger partial charge in [0.1, 0.15) is 10.7 Å². The first kappa shape index (κ1) is 12.1. The first-order valence-electron chi connectivity index (χ1n) is 5.22. The van der Waals surface area contributed by atoms with Crippen molar-refractivity contribution in [2.75, 3.05) is 18.8 Å². The second-order valence-electron chi connectivity index (χ2n) is 3.81. The summed E-state index contributed by atoms with van der Waals surface area (Å²) in [5, 5.41) is 0. The van der Waals surface area contributed by atoms with Crippen LogP contribution in [0, 0.1) is 5.82 Å². The van der Waals surface area contributed by atoms with Gasteiger partial charge in [0.15, 0.2) is 0 Å². The van der Waals surface area contributed by atoms with E-state index in [0.29, 0.717) is 13.0 Å². The Bertz CT molecular complexity index is 555. The van der Waals surface area contributed by atoms with Crippen LogP contribution in [-0.2, 0) is 10.0 Å². The van der Waals surface area contributed by atoms with Crippen LogP contribution in [0.4, 0.5) is 10.1 Å². The number of hydrogen-bond donors (Lipinski definition) is 1. The highest BCUT2D eigenvalue weighted by molar-refractivity contribution is 7.89. The molecule has 0 fully saturated rings. The number of nitrogens with two attached hydrogens (primary N) is 1. The van der Waals surface area contributed by atoms with Gasteiger partial charge in [0.05, 0.1) is 0 Å². The lowest BCUT2D eigenvalue weighted by Gasteiger charge is -2.22. The number of halogens is 1. The van der Waals surface area contributed by atoms with Gasteiger partial charge in [-0.15, -0.1) is 0 Å². The molecule has 0 saturated carbocycles. The standard InChI is InChI=1S/C11H13FN2O2S/c12-10-8-9(13)4-5-11(10)17(15,16)14-6-2-1-3-7-14/h1-2,4-5,8H,3,6-7,13H2. The highest BCUT2D eigenvalue weighted by Gasteiger charge is 2.27. The molecule has 0 spiro atoms. The number of rotatable bonds is 2. The van der Waals surface area contributed by atoms with Crippen LogP contribution in [-0.4, -0.2) is 25.8 Å². The molecule has 4 nitrogen and oxygen atoms in total. The first-order valence-corrected chi connectivity index (χ1v) is 6.66. The zero-order valence-electron chi connectivity index (χ0n) is 9.14. The van der Waals surface area contributed by atoms with Crippen molar-refractivity contribution in [3.8, 4) is 0 Å². The predicted molar refractivity (Wildman–Crippen MR) is 63.3 cm³/mol. The summed E-state index contributed by atoms with van der Waals surface area (Å²) in [6.07, 6.45) is 4.32. The molecule has 2 N–H and O–H groups in total. The summed E-state index contributed by atoms with van der Waals surface area (Å²) in [5.41, 5.74) is 5.60. The zero-order valence-corrected chi connectivity index (χ0v) is 9.95. The molecular weight excluding hydrogens is 243 g/mol. The van der Waals surface area contributed by atoms with E-state index < -0.39 is 15.8 Å². The summed E-state index contributed by atoms with van der Waals surface area (Å²) in [4.78, 5) is -0.318. The molecule has 0 atom stereocenters. The smallest absolute Gasteiger partial charge is 0.246 e. The SMILES string of the molecule is Nc1ccc(S(=O)(=O)N2CC=CCC2)c(F)c1. The average molecular weight is 256 g/mol. The Kier molecular flexibility index (Phi) is 3.17. The van der Waals surface area contributed by atoms with E-state index in [0.717, 1.165) is 6.07 Å². The van der Waals surface area contributed by atoms with Crippen LogP contribution in [0.1, 0.15) is 6.42 Å². The van der Waals surface area contributed by atoms with Crippen molar-refractivity contribution in [2.45, 2.75) is 11.3 Å². The number of nitrogens with zero attached hydrogens (tertiary/aromatic N) is 1. The summed E-state index contributed by atoms with van der Waals surface area (Å²) >= 11 is 0. The van der Waals surface area contributed by atoms with Crippen molar-refractivity contribution in [1.29, 1.82) is 0 Å². The predicted octanol–water partition coefficient (Wildman–Crippen LogP) is 1.36. The fraction of sp³-hybridized carbons (Fsp3) is 0.273. The lowest BCUT2D eigenvalue weighted by Crippen LogP contribution is -2.34. The van der Waals surface area contributed by atoms with E-state index in [2.05, 4.69) is 0 Å². The molecule has 0 bridgehead atoms. The average Bonchev–Trinajstić information content (AvgIpc) is 2.29. The molecule has 6 heteroatoms. The van der Waals surface area contributed by atoms with Crippen molar-refractivity contribution in [3.63, 3.8) is 0 Å². The number of benzene rings is 1. The number of anilines is 1. The molecule has 1 aromatic rings. The Hall–Kier alpha value is -1.40. The normalized spacial score (nSPS) is 17.2. The highest BCUT2D eigenvalue weighted by atomic mass is 32.2. The van der Waals surface area contributed by atoms with E-state index in [4.69, 9.17) is 5.73 Å². The molecule has 92 valence electrons. The number of hydrogen-bond acceptors (Lipinski definition) is 3. The summed E-state index contributed by atoms with van der Waals surface area (Å²) in [5.74, 6) is -0.806. The van der Waals surface area contributed by atoms with Crippen LogP contribution in [0.25, 0.3) is 0 Å².